The molecule has 122 valence electrons. The molecule has 0 atom stereocenters. The van der Waals surface area contributed by atoms with Crippen LogP contribution in [0, 0.1) is 0 Å². The summed E-state index contributed by atoms with van der Waals surface area (Å²) in [4.78, 5) is 0. The van der Waals surface area contributed by atoms with Crippen molar-refractivity contribution in [1.29, 1.82) is 0 Å². The van der Waals surface area contributed by atoms with Gasteiger partial charge in [-0.25, -0.2) is 0 Å². The highest BCUT2D eigenvalue weighted by Crippen LogP contribution is 2.27. The van der Waals surface area contributed by atoms with E-state index in [1.165, 1.54) is 38.9 Å². The molecule has 3 rings (SSSR count). The molecule has 0 heterocycles. The molecule has 0 aliphatic rings. The SMILES string of the molecule is CCc1ccc(-c2ccc(-c3ccc(CC)c(CC)c3)cc2)cc1. The van der Waals surface area contributed by atoms with Gasteiger partial charge in [0.05, 0.1) is 0 Å². The molecule has 0 heteroatoms. The molecule has 3 aromatic rings. The van der Waals surface area contributed by atoms with Gasteiger partial charge in [0.1, 0.15) is 0 Å². The summed E-state index contributed by atoms with van der Waals surface area (Å²) in [6.07, 6.45) is 3.29. The molecule has 0 spiro atoms. The zero-order valence-corrected chi connectivity index (χ0v) is 15.0. The summed E-state index contributed by atoms with van der Waals surface area (Å²) in [5, 5.41) is 0. The number of benzene rings is 3. The standard InChI is InChI=1S/C24H26/c1-4-18-7-9-21(10-8-18)22-12-14-23(15-13-22)24-16-11-19(5-2)20(6-3)17-24/h7-17H,4-6H2,1-3H3. The first-order chi connectivity index (χ1) is 11.7. The third-order valence-corrected chi connectivity index (χ3v) is 4.88. The van der Waals surface area contributed by atoms with Crippen molar-refractivity contribution in [3.05, 3.63) is 83.4 Å². The Bertz CT molecular complexity index is 792. The predicted octanol–water partition coefficient (Wildman–Crippen LogP) is 6.71. The Labute approximate surface area is 146 Å². The molecule has 3 aromatic carbocycles. The van der Waals surface area contributed by atoms with Crippen LogP contribution >= 0.6 is 0 Å². The quantitative estimate of drug-likeness (QED) is 0.491. The van der Waals surface area contributed by atoms with Crippen molar-refractivity contribution in [1.82, 2.24) is 0 Å². The molecule has 0 aliphatic carbocycles. The molecule has 0 saturated carbocycles. The van der Waals surface area contributed by atoms with Crippen molar-refractivity contribution in [2.45, 2.75) is 40.0 Å². The van der Waals surface area contributed by atoms with Gasteiger partial charge in [-0.05, 0) is 58.2 Å². The average molecular weight is 314 g/mol. The van der Waals surface area contributed by atoms with Crippen LogP contribution < -0.4 is 0 Å². The van der Waals surface area contributed by atoms with E-state index in [0.29, 0.717) is 0 Å². The van der Waals surface area contributed by atoms with Gasteiger partial charge in [-0.2, -0.15) is 0 Å². The molecule has 0 amide bonds. The third-order valence-electron chi connectivity index (χ3n) is 4.88. The molecule has 24 heavy (non-hydrogen) atoms. The monoisotopic (exact) mass is 314 g/mol. The Kier molecular flexibility index (Phi) is 5.15. The summed E-state index contributed by atoms with van der Waals surface area (Å²) in [6.45, 7) is 6.66. The van der Waals surface area contributed by atoms with E-state index >= 15 is 0 Å². The molecule has 0 bridgehead atoms. The van der Waals surface area contributed by atoms with E-state index in [2.05, 4.69) is 87.5 Å². The molecule has 0 unspecified atom stereocenters. The maximum atomic E-state index is 2.35. The number of aryl methyl sites for hydroxylation is 3. The fraction of sp³-hybridized carbons (Fsp3) is 0.250. The highest BCUT2D eigenvalue weighted by atomic mass is 14.1. The first kappa shape index (κ1) is 16.5. The van der Waals surface area contributed by atoms with E-state index in [9.17, 15) is 0 Å². The Morgan fingerprint density at radius 2 is 0.917 bits per heavy atom. The first-order valence-electron chi connectivity index (χ1n) is 9.06. The molecule has 0 fully saturated rings. The fourth-order valence-corrected chi connectivity index (χ4v) is 3.27. The Balaban J connectivity index is 1.88. The zero-order valence-electron chi connectivity index (χ0n) is 15.0. The fourth-order valence-electron chi connectivity index (χ4n) is 3.27. The Morgan fingerprint density at radius 1 is 0.458 bits per heavy atom. The van der Waals surface area contributed by atoms with E-state index in [4.69, 9.17) is 0 Å². The summed E-state index contributed by atoms with van der Waals surface area (Å²) in [5.41, 5.74) is 9.50. The predicted molar refractivity (Wildman–Crippen MR) is 105 cm³/mol. The van der Waals surface area contributed by atoms with E-state index < -0.39 is 0 Å². The molecule has 0 saturated heterocycles. The van der Waals surface area contributed by atoms with Crippen LogP contribution in [0.4, 0.5) is 0 Å². The maximum absolute atomic E-state index is 2.35. The molecular weight excluding hydrogens is 288 g/mol. The van der Waals surface area contributed by atoms with Crippen LogP contribution in [0.2, 0.25) is 0 Å². The lowest BCUT2D eigenvalue weighted by atomic mass is 9.95. The number of hydrogen-bond donors (Lipinski definition) is 0. The Hall–Kier alpha value is -2.34. The molecule has 0 aromatic heterocycles. The second-order valence-electron chi connectivity index (χ2n) is 6.32. The molecule has 0 N–H and O–H groups in total. The highest BCUT2D eigenvalue weighted by Gasteiger charge is 2.04. The van der Waals surface area contributed by atoms with Crippen molar-refractivity contribution in [2.24, 2.45) is 0 Å². The average Bonchev–Trinajstić information content (AvgIpc) is 2.67. The van der Waals surface area contributed by atoms with Crippen LogP contribution in [0.25, 0.3) is 22.3 Å². The highest BCUT2D eigenvalue weighted by molar-refractivity contribution is 5.71. The van der Waals surface area contributed by atoms with Gasteiger partial charge in [0.15, 0.2) is 0 Å². The minimum Gasteiger partial charge on any atom is -0.0613 e. The van der Waals surface area contributed by atoms with Crippen LogP contribution in [0.5, 0.6) is 0 Å². The largest absolute Gasteiger partial charge is 0.0613 e. The number of rotatable bonds is 5. The first-order valence-corrected chi connectivity index (χ1v) is 9.06. The minimum absolute atomic E-state index is 1.09. The molecule has 0 nitrogen and oxygen atoms in total. The van der Waals surface area contributed by atoms with Crippen LogP contribution in [0.3, 0.4) is 0 Å². The van der Waals surface area contributed by atoms with Gasteiger partial charge in [0.2, 0.25) is 0 Å². The van der Waals surface area contributed by atoms with Gasteiger partial charge in [-0.15, -0.1) is 0 Å². The summed E-state index contributed by atoms with van der Waals surface area (Å²) in [5.74, 6) is 0. The summed E-state index contributed by atoms with van der Waals surface area (Å²) >= 11 is 0. The second-order valence-corrected chi connectivity index (χ2v) is 6.32. The Morgan fingerprint density at radius 3 is 1.42 bits per heavy atom. The lowest BCUT2D eigenvalue weighted by Crippen LogP contribution is -1.91. The van der Waals surface area contributed by atoms with Crippen LogP contribution in [-0.4, -0.2) is 0 Å². The summed E-state index contributed by atoms with van der Waals surface area (Å²) in [6, 6.07) is 24.7. The van der Waals surface area contributed by atoms with Gasteiger partial charge in [-0.3, -0.25) is 0 Å². The van der Waals surface area contributed by atoms with Crippen molar-refractivity contribution in [2.75, 3.05) is 0 Å². The summed E-state index contributed by atoms with van der Waals surface area (Å²) < 4.78 is 0. The second kappa shape index (κ2) is 7.49. The van der Waals surface area contributed by atoms with Gasteiger partial charge < -0.3 is 0 Å². The van der Waals surface area contributed by atoms with Crippen LogP contribution in [-0.2, 0) is 19.3 Å². The van der Waals surface area contributed by atoms with Crippen molar-refractivity contribution >= 4 is 0 Å². The molecule has 0 aliphatic heterocycles. The smallest absolute Gasteiger partial charge is 0.0181 e. The van der Waals surface area contributed by atoms with Gasteiger partial charge >= 0.3 is 0 Å². The molecule has 0 radical (unpaired) electrons. The van der Waals surface area contributed by atoms with Crippen molar-refractivity contribution in [3.8, 4) is 22.3 Å². The summed E-state index contributed by atoms with van der Waals surface area (Å²) in [7, 11) is 0. The minimum atomic E-state index is 1.09. The van der Waals surface area contributed by atoms with Gasteiger partial charge in [-0.1, -0.05) is 87.5 Å². The lowest BCUT2D eigenvalue weighted by Gasteiger charge is -2.10. The van der Waals surface area contributed by atoms with Crippen LogP contribution in [0.15, 0.2) is 66.7 Å². The van der Waals surface area contributed by atoms with Crippen molar-refractivity contribution in [3.63, 3.8) is 0 Å². The third kappa shape index (κ3) is 3.43. The van der Waals surface area contributed by atoms with E-state index in [1.807, 2.05) is 0 Å². The normalized spacial score (nSPS) is 10.8. The van der Waals surface area contributed by atoms with Gasteiger partial charge in [0, 0.05) is 0 Å². The number of hydrogen-bond acceptors (Lipinski definition) is 0. The maximum Gasteiger partial charge on any atom is -0.0181 e. The van der Waals surface area contributed by atoms with E-state index in [-0.39, 0.29) is 0 Å². The van der Waals surface area contributed by atoms with Crippen molar-refractivity contribution < 1.29 is 0 Å². The zero-order chi connectivity index (χ0) is 16.9. The topological polar surface area (TPSA) is 0 Å². The van der Waals surface area contributed by atoms with E-state index in [0.717, 1.165) is 19.3 Å². The van der Waals surface area contributed by atoms with E-state index in [1.54, 1.807) is 0 Å². The molecular formula is C24H26. The lowest BCUT2D eigenvalue weighted by molar-refractivity contribution is 1.04. The van der Waals surface area contributed by atoms with Gasteiger partial charge in [0.25, 0.3) is 0 Å². The van der Waals surface area contributed by atoms with Crippen LogP contribution in [0.1, 0.15) is 37.5 Å².